The van der Waals surface area contributed by atoms with Crippen molar-refractivity contribution >= 4 is 5.91 Å². The van der Waals surface area contributed by atoms with Gasteiger partial charge in [-0.15, -0.1) is 0 Å². The largest absolute Gasteiger partial charge is 0.497 e. The Bertz CT molecular complexity index is 875. The molecule has 3 aromatic rings. The first-order chi connectivity index (χ1) is 12.7. The molecule has 0 aliphatic heterocycles. The first-order valence-corrected chi connectivity index (χ1v) is 8.18. The highest BCUT2D eigenvalue weighted by molar-refractivity contribution is 5.96. The molecule has 0 radical (unpaired) electrons. The van der Waals surface area contributed by atoms with Crippen molar-refractivity contribution in [1.82, 2.24) is 15.5 Å². The zero-order chi connectivity index (χ0) is 18.4. The molecular formula is C19H19N3O4. The molecule has 0 fully saturated rings. The summed E-state index contributed by atoms with van der Waals surface area (Å²) in [4.78, 5) is 16.4. The lowest BCUT2D eigenvalue weighted by molar-refractivity contribution is 0.0950. The van der Waals surface area contributed by atoms with Crippen LogP contribution in [0.4, 0.5) is 0 Å². The fourth-order valence-electron chi connectivity index (χ4n) is 2.35. The van der Waals surface area contributed by atoms with Gasteiger partial charge in [-0.25, -0.2) is 0 Å². The van der Waals surface area contributed by atoms with Crippen molar-refractivity contribution in [2.45, 2.75) is 13.5 Å². The number of amides is 1. The topological polar surface area (TPSA) is 86.5 Å². The van der Waals surface area contributed by atoms with Crippen LogP contribution in [0, 0.1) is 0 Å². The lowest BCUT2D eigenvalue weighted by Crippen LogP contribution is -2.23. The zero-order valence-corrected chi connectivity index (χ0v) is 14.6. The Hall–Kier alpha value is -3.35. The number of para-hydroxylation sites is 1. The molecule has 0 atom stereocenters. The third-order valence-corrected chi connectivity index (χ3v) is 3.64. The molecule has 134 valence electrons. The van der Waals surface area contributed by atoms with E-state index in [-0.39, 0.29) is 12.5 Å². The number of aromatic nitrogens is 2. The van der Waals surface area contributed by atoms with E-state index < -0.39 is 0 Å². The van der Waals surface area contributed by atoms with Crippen LogP contribution in [-0.2, 0) is 6.61 Å². The molecule has 0 spiro atoms. The van der Waals surface area contributed by atoms with Gasteiger partial charge in [0.1, 0.15) is 11.5 Å². The second kappa shape index (κ2) is 8.15. The Kier molecular flexibility index (Phi) is 5.48. The second-order valence-electron chi connectivity index (χ2n) is 5.38. The van der Waals surface area contributed by atoms with E-state index in [9.17, 15) is 4.79 Å². The molecule has 0 unspecified atom stereocenters. The number of nitrogens with zero attached hydrogens (tertiary/aromatic N) is 2. The van der Waals surface area contributed by atoms with E-state index in [1.807, 2.05) is 31.2 Å². The van der Waals surface area contributed by atoms with Crippen LogP contribution in [0.5, 0.6) is 11.5 Å². The van der Waals surface area contributed by atoms with Crippen molar-refractivity contribution in [3.05, 3.63) is 60.0 Å². The smallest absolute Gasteiger partial charge is 0.264 e. The molecule has 1 heterocycles. The zero-order valence-electron chi connectivity index (χ0n) is 14.6. The molecular weight excluding hydrogens is 334 g/mol. The Labute approximate surface area is 150 Å². The quantitative estimate of drug-likeness (QED) is 0.702. The highest BCUT2D eigenvalue weighted by Gasteiger charge is 2.13. The van der Waals surface area contributed by atoms with Crippen LogP contribution in [0.3, 0.4) is 0 Å². The average Bonchev–Trinajstić information content (AvgIpc) is 3.16. The van der Waals surface area contributed by atoms with Gasteiger partial charge in [-0.1, -0.05) is 17.3 Å². The number of carbonyl (C=O) groups excluding carboxylic acids is 1. The van der Waals surface area contributed by atoms with Crippen molar-refractivity contribution in [3.8, 4) is 22.9 Å². The first kappa shape index (κ1) is 17.5. The third kappa shape index (κ3) is 4.00. The molecule has 0 bridgehead atoms. The summed E-state index contributed by atoms with van der Waals surface area (Å²) in [7, 11) is 1.61. The summed E-state index contributed by atoms with van der Waals surface area (Å²) < 4.78 is 16.1. The van der Waals surface area contributed by atoms with Crippen LogP contribution in [-0.4, -0.2) is 29.7 Å². The maximum atomic E-state index is 12.1. The number of benzene rings is 2. The van der Waals surface area contributed by atoms with Gasteiger partial charge >= 0.3 is 0 Å². The van der Waals surface area contributed by atoms with Gasteiger partial charge in [0.25, 0.3) is 11.8 Å². The van der Waals surface area contributed by atoms with E-state index in [0.29, 0.717) is 29.6 Å². The lowest BCUT2D eigenvalue weighted by atomic mass is 10.2. The number of nitrogens with one attached hydrogen (secondary N) is 1. The minimum atomic E-state index is -0.187. The minimum Gasteiger partial charge on any atom is -0.497 e. The van der Waals surface area contributed by atoms with Gasteiger partial charge in [0, 0.05) is 12.1 Å². The average molecular weight is 353 g/mol. The van der Waals surface area contributed by atoms with E-state index in [1.54, 1.807) is 31.4 Å². The van der Waals surface area contributed by atoms with Gasteiger partial charge in [-0.2, -0.15) is 4.98 Å². The SMILES string of the molecule is CCNC(=O)c1ccccc1OCc1nc(-c2ccc(OC)cc2)no1. The van der Waals surface area contributed by atoms with Crippen molar-refractivity contribution in [2.75, 3.05) is 13.7 Å². The van der Waals surface area contributed by atoms with E-state index >= 15 is 0 Å². The third-order valence-electron chi connectivity index (χ3n) is 3.64. The number of methoxy groups -OCH3 is 1. The van der Waals surface area contributed by atoms with Crippen LogP contribution in [0.2, 0.25) is 0 Å². The number of hydrogen-bond donors (Lipinski definition) is 1. The van der Waals surface area contributed by atoms with Crippen LogP contribution in [0.1, 0.15) is 23.2 Å². The van der Waals surface area contributed by atoms with Gasteiger partial charge in [-0.05, 0) is 43.3 Å². The van der Waals surface area contributed by atoms with Crippen LogP contribution < -0.4 is 14.8 Å². The molecule has 26 heavy (non-hydrogen) atoms. The standard InChI is InChI=1S/C19H19N3O4/c1-3-20-19(23)15-6-4-5-7-16(15)25-12-17-21-18(22-26-17)13-8-10-14(24-2)11-9-13/h4-11H,3,12H2,1-2H3,(H,20,23). The summed E-state index contributed by atoms with van der Waals surface area (Å²) in [6.45, 7) is 2.47. The minimum absolute atomic E-state index is 0.0690. The molecule has 3 rings (SSSR count). The molecule has 1 aromatic heterocycles. The first-order valence-electron chi connectivity index (χ1n) is 8.18. The molecule has 0 saturated heterocycles. The van der Waals surface area contributed by atoms with Crippen molar-refractivity contribution in [2.24, 2.45) is 0 Å². The Morgan fingerprint density at radius 3 is 2.65 bits per heavy atom. The number of carbonyl (C=O) groups is 1. The monoisotopic (exact) mass is 353 g/mol. The maximum Gasteiger partial charge on any atom is 0.264 e. The Morgan fingerprint density at radius 2 is 1.92 bits per heavy atom. The Morgan fingerprint density at radius 1 is 1.15 bits per heavy atom. The van der Waals surface area contributed by atoms with Gasteiger partial charge in [0.05, 0.1) is 12.7 Å². The second-order valence-corrected chi connectivity index (χ2v) is 5.38. The van der Waals surface area contributed by atoms with Gasteiger partial charge in [0.15, 0.2) is 6.61 Å². The highest BCUT2D eigenvalue weighted by atomic mass is 16.5. The molecule has 0 aliphatic rings. The van der Waals surface area contributed by atoms with Crippen LogP contribution in [0.15, 0.2) is 53.1 Å². The molecule has 7 heteroatoms. The summed E-state index contributed by atoms with van der Waals surface area (Å²) >= 11 is 0. The van der Waals surface area contributed by atoms with Crippen LogP contribution >= 0.6 is 0 Å². The fraction of sp³-hybridized carbons (Fsp3) is 0.211. The van der Waals surface area contributed by atoms with Gasteiger partial charge in [-0.3, -0.25) is 4.79 Å². The summed E-state index contributed by atoms with van der Waals surface area (Å²) in [6, 6.07) is 14.4. The number of hydrogen-bond acceptors (Lipinski definition) is 6. The van der Waals surface area contributed by atoms with E-state index in [1.165, 1.54) is 0 Å². The molecule has 1 N–H and O–H groups in total. The summed E-state index contributed by atoms with van der Waals surface area (Å²) in [5.74, 6) is 1.81. The molecule has 0 saturated carbocycles. The molecule has 7 nitrogen and oxygen atoms in total. The number of rotatable bonds is 7. The number of ether oxygens (including phenoxy) is 2. The van der Waals surface area contributed by atoms with E-state index in [2.05, 4.69) is 15.5 Å². The summed E-state index contributed by atoms with van der Waals surface area (Å²) in [5, 5.41) is 6.71. The summed E-state index contributed by atoms with van der Waals surface area (Å²) in [5.41, 5.74) is 1.27. The predicted octanol–water partition coefficient (Wildman–Crippen LogP) is 3.07. The van der Waals surface area contributed by atoms with Crippen molar-refractivity contribution in [1.29, 1.82) is 0 Å². The van der Waals surface area contributed by atoms with Crippen molar-refractivity contribution < 1.29 is 18.8 Å². The predicted molar refractivity (Wildman–Crippen MR) is 95.1 cm³/mol. The normalized spacial score (nSPS) is 10.4. The summed E-state index contributed by atoms with van der Waals surface area (Å²) in [6.07, 6.45) is 0. The highest BCUT2D eigenvalue weighted by Crippen LogP contribution is 2.22. The van der Waals surface area contributed by atoms with Crippen molar-refractivity contribution in [3.63, 3.8) is 0 Å². The molecule has 1 amide bonds. The molecule has 2 aromatic carbocycles. The maximum absolute atomic E-state index is 12.1. The van der Waals surface area contributed by atoms with Gasteiger partial charge < -0.3 is 19.3 Å². The van der Waals surface area contributed by atoms with E-state index in [0.717, 1.165) is 11.3 Å². The van der Waals surface area contributed by atoms with Gasteiger partial charge in [0.2, 0.25) is 5.82 Å². The lowest BCUT2D eigenvalue weighted by Gasteiger charge is -2.09. The fourth-order valence-corrected chi connectivity index (χ4v) is 2.35. The Balaban J connectivity index is 1.69. The van der Waals surface area contributed by atoms with E-state index in [4.69, 9.17) is 14.0 Å². The van der Waals surface area contributed by atoms with Crippen LogP contribution in [0.25, 0.3) is 11.4 Å². The molecule has 0 aliphatic carbocycles.